The quantitative estimate of drug-likeness (QED) is 0.742. The first-order valence-electron chi connectivity index (χ1n) is 4.53. The van der Waals surface area contributed by atoms with Crippen molar-refractivity contribution in [2.24, 2.45) is 5.50 Å². The zero-order chi connectivity index (χ0) is 9.80. The second kappa shape index (κ2) is 4.36. The first-order chi connectivity index (χ1) is 6.92. The van der Waals surface area contributed by atoms with E-state index in [1.165, 1.54) is 16.4 Å². The van der Waals surface area contributed by atoms with Gasteiger partial charge in [-0.15, -0.1) is 0 Å². The van der Waals surface area contributed by atoms with Crippen LogP contribution in [0.1, 0.15) is 0 Å². The average molecular weight is 201 g/mol. The van der Waals surface area contributed by atoms with Crippen molar-refractivity contribution in [3.63, 3.8) is 0 Å². The Balaban J connectivity index is 2.51. The van der Waals surface area contributed by atoms with E-state index in [-0.39, 0.29) is 0 Å². The standard InChI is InChI=1S/C12H12NP/c13-14-12-9-5-4-8-11(12)10-6-2-1-3-7-10/h1-9,14H,13H2. The molecular formula is C12H12NP. The Morgan fingerprint density at radius 3 is 2.14 bits per heavy atom. The molecule has 0 saturated heterocycles. The molecule has 0 aliphatic rings. The molecule has 0 aliphatic carbocycles. The summed E-state index contributed by atoms with van der Waals surface area (Å²) in [7, 11) is 0.354. The molecule has 0 bridgehead atoms. The largest absolute Gasteiger partial charge is 0.308 e. The van der Waals surface area contributed by atoms with Gasteiger partial charge in [0.15, 0.2) is 0 Å². The number of nitrogens with two attached hydrogens (primary N) is 1. The predicted octanol–water partition coefficient (Wildman–Crippen LogP) is 2.53. The molecule has 0 saturated carbocycles. The third-order valence-corrected chi connectivity index (χ3v) is 2.91. The van der Waals surface area contributed by atoms with Crippen LogP contribution in [0.15, 0.2) is 54.6 Å². The Hall–Kier alpha value is -1.17. The van der Waals surface area contributed by atoms with Crippen LogP contribution < -0.4 is 10.8 Å². The number of rotatable bonds is 2. The molecule has 0 fully saturated rings. The van der Waals surface area contributed by atoms with Crippen molar-refractivity contribution in [2.45, 2.75) is 0 Å². The first kappa shape index (κ1) is 9.39. The van der Waals surface area contributed by atoms with Crippen molar-refractivity contribution in [3.8, 4) is 11.1 Å². The lowest BCUT2D eigenvalue weighted by Crippen LogP contribution is -2.01. The smallest absolute Gasteiger partial charge is 0.00486 e. The van der Waals surface area contributed by atoms with Gasteiger partial charge in [0.05, 0.1) is 0 Å². The van der Waals surface area contributed by atoms with E-state index in [0.717, 1.165) is 0 Å². The van der Waals surface area contributed by atoms with E-state index >= 15 is 0 Å². The highest BCUT2D eigenvalue weighted by Crippen LogP contribution is 2.19. The molecule has 1 unspecified atom stereocenters. The van der Waals surface area contributed by atoms with Gasteiger partial charge in [-0.05, 0) is 25.2 Å². The van der Waals surface area contributed by atoms with Crippen molar-refractivity contribution in [3.05, 3.63) is 54.6 Å². The van der Waals surface area contributed by atoms with E-state index in [1.54, 1.807) is 0 Å². The van der Waals surface area contributed by atoms with E-state index in [1.807, 2.05) is 30.3 Å². The van der Waals surface area contributed by atoms with E-state index in [4.69, 9.17) is 5.50 Å². The molecule has 2 aromatic rings. The van der Waals surface area contributed by atoms with E-state index in [0.29, 0.717) is 8.73 Å². The Morgan fingerprint density at radius 2 is 1.43 bits per heavy atom. The molecule has 0 heterocycles. The Kier molecular flexibility index (Phi) is 2.93. The predicted molar refractivity (Wildman–Crippen MR) is 64.0 cm³/mol. The molecular weight excluding hydrogens is 189 g/mol. The van der Waals surface area contributed by atoms with Gasteiger partial charge in [-0.25, -0.2) is 0 Å². The van der Waals surface area contributed by atoms with Crippen LogP contribution in [0.5, 0.6) is 0 Å². The number of hydrogen-bond acceptors (Lipinski definition) is 1. The molecule has 2 aromatic carbocycles. The van der Waals surface area contributed by atoms with Gasteiger partial charge in [-0.1, -0.05) is 54.6 Å². The Morgan fingerprint density at radius 1 is 0.786 bits per heavy atom. The van der Waals surface area contributed by atoms with E-state index in [9.17, 15) is 0 Å². The monoisotopic (exact) mass is 201 g/mol. The summed E-state index contributed by atoms with van der Waals surface area (Å²) in [6, 6.07) is 18.6. The second-order valence-electron chi connectivity index (χ2n) is 3.06. The highest BCUT2D eigenvalue weighted by Gasteiger charge is 2.01. The molecule has 70 valence electrons. The van der Waals surface area contributed by atoms with Crippen LogP contribution in [0.25, 0.3) is 11.1 Å². The summed E-state index contributed by atoms with van der Waals surface area (Å²) in [5.74, 6) is 0. The normalized spacial score (nSPS) is 10.9. The third-order valence-electron chi connectivity index (χ3n) is 2.17. The Bertz CT molecular complexity index is 412. The maximum Gasteiger partial charge on any atom is -0.00486 e. The molecule has 1 atom stereocenters. The molecule has 1 nitrogen and oxygen atoms in total. The molecule has 2 heteroatoms. The molecule has 0 aromatic heterocycles. The lowest BCUT2D eigenvalue weighted by Gasteiger charge is -2.06. The van der Waals surface area contributed by atoms with Crippen LogP contribution in [0.2, 0.25) is 0 Å². The summed E-state index contributed by atoms with van der Waals surface area (Å²) >= 11 is 0. The van der Waals surface area contributed by atoms with E-state index in [2.05, 4.69) is 24.3 Å². The molecule has 2 N–H and O–H groups in total. The minimum atomic E-state index is 0.354. The van der Waals surface area contributed by atoms with Crippen molar-refractivity contribution >= 4 is 14.0 Å². The van der Waals surface area contributed by atoms with Crippen molar-refractivity contribution in [1.29, 1.82) is 0 Å². The minimum Gasteiger partial charge on any atom is -0.308 e. The van der Waals surface area contributed by atoms with Crippen LogP contribution in [0.3, 0.4) is 0 Å². The van der Waals surface area contributed by atoms with Gasteiger partial charge in [-0.3, -0.25) is 0 Å². The van der Waals surface area contributed by atoms with Gasteiger partial charge in [0.25, 0.3) is 0 Å². The molecule has 0 amide bonds. The number of hydrogen-bond donors (Lipinski definition) is 1. The van der Waals surface area contributed by atoms with Crippen LogP contribution in [-0.4, -0.2) is 0 Å². The minimum absolute atomic E-state index is 0.354. The lowest BCUT2D eigenvalue weighted by atomic mass is 10.1. The van der Waals surface area contributed by atoms with Crippen molar-refractivity contribution in [2.75, 3.05) is 0 Å². The molecule has 14 heavy (non-hydrogen) atoms. The van der Waals surface area contributed by atoms with Crippen LogP contribution in [0, 0.1) is 0 Å². The fourth-order valence-electron chi connectivity index (χ4n) is 1.48. The topological polar surface area (TPSA) is 26.0 Å². The Labute approximate surface area is 85.8 Å². The summed E-state index contributed by atoms with van der Waals surface area (Å²) < 4.78 is 0. The third kappa shape index (κ3) is 1.84. The summed E-state index contributed by atoms with van der Waals surface area (Å²) in [5, 5.41) is 1.22. The van der Waals surface area contributed by atoms with Crippen LogP contribution >= 0.6 is 8.73 Å². The van der Waals surface area contributed by atoms with Gasteiger partial charge in [0, 0.05) is 0 Å². The molecule has 2 rings (SSSR count). The van der Waals surface area contributed by atoms with Crippen molar-refractivity contribution < 1.29 is 0 Å². The van der Waals surface area contributed by atoms with Gasteiger partial charge in [0.1, 0.15) is 0 Å². The molecule has 0 spiro atoms. The van der Waals surface area contributed by atoms with Crippen LogP contribution in [0.4, 0.5) is 0 Å². The first-order valence-corrected chi connectivity index (χ1v) is 5.60. The average Bonchev–Trinajstić information content (AvgIpc) is 2.30. The fraction of sp³-hybridized carbons (Fsp3) is 0. The van der Waals surface area contributed by atoms with Gasteiger partial charge in [0.2, 0.25) is 0 Å². The SMILES string of the molecule is NPc1ccccc1-c1ccccc1. The highest BCUT2D eigenvalue weighted by atomic mass is 31.1. The molecule has 0 aliphatic heterocycles. The van der Waals surface area contributed by atoms with Gasteiger partial charge in [-0.2, -0.15) is 0 Å². The van der Waals surface area contributed by atoms with Gasteiger partial charge < -0.3 is 5.50 Å². The maximum atomic E-state index is 5.72. The summed E-state index contributed by atoms with van der Waals surface area (Å²) in [6.07, 6.45) is 0. The second-order valence-corrected chi connectivity index (χ2v) is 3.88. The number of benzene rings is 2. The zero-order valence-corrected chi connectivity index (χ0v) is 8.77. The van der Waals surface area contributed by atoms with Crippen LogP contribution in [-0.2, 0) is 0 Å². The van der Waals surface area contributed by atoms with Gasteiger partial charge >= 0.3 is 0 Å². The highest BCUT2D eigenvalue weighted by molar-refractivity contribution is 7.45. The van der Waals surface area contributed by atoms with Crippen molar-refractivity contribution in [1.82, 2.24) is 0 Å². The summed E-state index contributed by atoms with van der Waals surface area (Å²) in [5.41, 5.74) is 8.20. The fourth-order valence-corrected chi connectivity index (χ4v) is 2.05. The lowest BCUT2D eigenvalue weighted by molar-refractivity contribution is 1.65. The maximum absolute atomic E-state index is 5.72. The van der Waals surface area contributed by atoms with E-state index < -0.39 is 0 Å². The molecule has 0 radical (unpaired) electrons. The summed E-state index contributed by atoms with van der Waals surface area (Å²) in [4.78, 5) is 0. The zero-order valence-electron chi connectivity index (χ0n) is 7.77. The summed E-state index contributed by atoms with van der Waals surface area (Å²) in [6.45, 7) is 0.